The van der Waals surface area contributed by atoms with Gasteiger partial charge in [0.1, 0.15) is 29.9 Å². The van der Waals surface area contributed by atoms with Crippen molar-refractivity contribution < 1.29 is 27.7 Å². The monoisotopic (exact) mass is 767 g/mol. The minimum Gasteiger partial charge on any atom is -0.476 e. The van der Waals surface area contributed by atoms with Gasteiger partial charge < -0.3 is 19.2 Å². The molecule has 13 nitrogen and oxygen atoms in total. The standard InChI is InChI=1S/C41H49N7O6S/c1-24(2)36-34(47-39(50)54-40(5,6)7)35-37(53-36)43-21-29(44-35)20-42-28(19-41(8)15-16-41)23-52-32-18-31(33-25(3)11-9-12-26(33)4)45-38(46-32)48-55(51)30-14-10-13-27(17-30)22-49/h9-14,17-18,21-22,24,28,42H,15-16,19-20,23H2,1-8H3,(H,47,50)(H,45,46,48). The molecule has 3 heterocycles. The van der Waals surface area contributed by atoms with Crippen molar-refractivity contribution in [2.24, 2.45) is 5.41 Å². The van der Waals surface area contributed by atoms with E-state index in [2.05, 4.69) is 32.2 Å². The highest BCUT2D eigenvalue weighted by molar-refractivity contribution is 7.86. The maximum Gasteiger partial charge on any atom is 0.412 e. The first kappa shape index (κ1) is 39.5. The number of aldehydes is 1. The lowest BCUT2D eigenvalue weighted by atomic mass is 9.99. The van der Waals surface area contributed by atoms with E-state index in [1.807, 2.05) is 45.9 Å². The number of fused-ring (bicyclic) bond motifs is 1. The number of aromatic nitrogens is 4. The van der Waals surface area contributed by atoms with E-state index in [0.717, 1.165) is 36.0 Å². The molecule has 3 aromatic heterocycles. The predicted molar refractivity (Wildman–Crippen MR) is 213 cm³/mol. The van der Waals surface area contributed by atoms with Gasteiger partial charge in [-0.1, -0.05) is 51.1 Å². The number of anilines is 2. The molecular weight excluding hydrogens is 719 g/mol. The highest BCUT2D eigenvalue weighted by Gasteiger charge is 2.39. The van der Waals surface area contributed by atoms with Crippen LogP contribution in [-0.4, -0.2) is 54.8 Å². The summed E-state index contributed by atoms with van der Waals surface area (Å²) in [5.74, 6) is 0.977. The van der Waals surface area contributed by atoms with Crippen molar-refractivity contribution in [3.05, 3.63) is 82.9 Å². The topological polar surface area (TPSA) is 170 Å². The van der Waals surface area contributed by atoms with Gasteiger partial charge in [0.15, 0.2) is 16.5 Å². The van der Waals surface area contributed by atoms with Crippen molar-refractivity contribution in [1.82, 2.24) is 25.3 Å². The molecule has 1 saturated carbocycles. The maximum atomic E-state index is 13.4. The summed E-state index contributed by atoms with van der Waals surface area (Å²) in [4.78, 5) is 43.3. The van der Waals surface area contributed by atoms with Crippen molar-refractivity contribution in [1.29, 1.82) is 0 Å². The van der Waals surface area contributed by atoms with Gasteiger partial charge in [0, 0.05) is 35.7 Å². The van der Waals surface area contributed by atoms with Gasteiger partial charge in [-0.3, -0.25) is 14.8 Å². The van der Waals surface area contributed by atoms with Crippen molar-refractivity contribution in [2.45, 2.75) is 104 Å². The minimum absolute atomic E-state index is 0.0373. The van der Waals surface area contributed by atoms with Crippen LogP contribution in [0, 0.1) is 19.3 Å². The van der Waals surface area contributed by atoms with E-state index in [9.17, 15) is 13.8 Å². The number of benzene rings is 2. The molecule has 1 aliphatic carbocycles. The highest BCUT2D eigenvalue weighted by atomic mass is 32.2. The largest absolute Gasteiger partial charge is 0.476 e. The van der Waals surface area contributed by atoms with Crippen molar-refractivity contribution in [3.8, 4) is 17.1 Å². The molecule has 2 atom stereocenters. The lowest BCUT2D eigenvalue weighted by Crippen LogP contribution is -2.36. The molecule has 290 valence electrons. The zero-order chi connectivity index (χ0) is 39.5. The molecule has 5 aromatic rings. The molecule has 2 unspecified atom stereocenters. The molecule has 0 spiro atoms. The Morgan fingerprint density at radius 2 is 1.78 bits per heavy atom. The van der Waals surface area contributed by atoms with E-state index < -0.39 is 22.7 Å². The van der Waals surface area contributed by atoms with Crippen LogP contribution < -0.4 is 20.1 Å². The summed E-state index contributed by atoms with van der Waals surface area (Å²) in [5, 5.41) is 6.47. The molecular formula is C41H49N7O6S. The van der Waals surface area contributed by atoms with Crippen LogP contribution >= 0.6 is 0 Å². The molecule has 3 N–H and O–H groups in total. The summed E-state index contributed by atoms with van der Waals surface area (Å²) in [6.07, 6.45) is 4.89. The fourth-order valence-electron chi connectivity index (χ4n) is 6.32. The van der Waals surface area contributed by atoms with Crippen LogP contribution in [0.25, 0.3) is 22.5 Å². The number of furan rings is 1. The van der Waals surface area contributed by atoms with Crippen LogP contribution in [0.2, 0.25) is 0 Å². The minimum atomic E-state index is -1.75. The molecule has 1 aliphatic rings. The van der Waals surface area contributed by atoms with Gasteiger partial charge in [0.2, 0.25) is 17.5 Å². The summed E-state index contributed by atoms with van der Waals surface area (Å²) in [6.45, 7) is 16.3. The Kier molecular flexibility index (Phi) is 11.7. The summed E-state index contributed by atoms with van der Waals surface area (Å²) < 4.78 is 34.3. The van der Waals surface area contributed by atoms with Gasteiger partial charge in [-0.2, -0.15) is 4.98 Å². The van der Waals surface area contributed by atoms with Gasteiger partial charge in [0.05, 0.1) is 22.5 Å². The van der Waals surface area contributed by atoms with Crippen LogP contribution in [0.4, 0.5) is 16.4 Å². The quantitative estimate of drug-likeness (QED) is 0.0874. The first-order valence-corrected chi connectivity index (χ1v) is 19.6. The number of aryl methyl sites for hydroxylation is 2. The SMILES string of the molecule is Cc1cccc(C)c1-c1cc(OCC(CC2(C)CC2)NCc2cnc3oc(C(C)C)c(NC(=O)OC(C)(C)C)c3n2)nc(NS(=O)c2cccc(C=O)c2)n1. The van der Waals surface area contributed by atoms with Crippen LogP contribution in [0.1, 0.15) is 99.7 Å². The van der Waals surface area contributed by atoms with Crippen molar-refractivity contribution in [3.63, 3.8) is 0 Å². The first-order valence-electron chi connectivity index (χ1n) is 18.4. The number of nitrogens with one attached hydrogen (secondary N) is 3. The third kappa shape index (κ3) is 10.1. The van der Waals surface area contributed by atoms with Gasteiger partial charge in [-0.15, -0.1) is 0 Å². The Morgan fingerprint density at radius 1 is 1.05 bits per heavy atom. The molecule has 0 saturated heterocycles. The lowest BCUT2D eigenvalue weighted by molar-refractivity contribution is 0.0635. The maximum absolute atomic E-state index is 13.4. The van der Waals surface area contributed by atoms with Crippen molar-refractivity contribution >= 4 is 46.2 Å². The molecule has 14 heteroatoms. The van der Waals surface area contributed by atoms with Crippen LogP contribution in [0.15, 0.2) is 64.0 Å². The summed E-state index contributed by atoms with van der Waals surface area (Å²) >= 11 is 0. The van der Waals surface area contributed by atoms with E-state index in [4.69, 9.17) is 23.9 Å². The molecule has 2 aromatic carbocycles. The molecule has 55 heavy (non-hydrogen) atoms. The molecule has 0 radical (unpaired) electrons. The molecule has 1 fully saturated rings. The van der Waals surface area contributed by atoms with E-state index in [1.54, 1.807) is 57.3 Å². The Labute approximate surface area is 324 Å². The molecule has 0 bridgehead atoms. The highest BCUT2D eigenvalue weighted by Crippen LogP contribution is 2.49. The van der Waals surface area contributed by atoms with E-state index >= 15 is 0 Å². The average Bonchev–Trinajstić information content (AvgIpc) is 3.75. The Bertz CT molecular complexity index is 2210. The van der Waals surface area contributed by atoms with Gasteiger partial charge in [0.25, 0.3) is 0 Å². The number of hydrogen-bond acceptors (Lipinski definition) is 11. The fraction of sp³-hybridized carbons (Fsp3) is 0.415. The molecule has 0 aliphatic heterocycles. The summed E-state index contributed by atoms with van der Waals surface area (Å²) in [7, 11) is -1.75. The first-order chi connectivity index (χ1) is 26.1. The number of amides is 1. The number of ether oxygens (including phenoxy) is 2. The Balaban J connectivity index is 1.24. The van der Waals surface area contributed by atoms with Crippen molar-refractivity contribution in [2.75, 3.05) is 16.6 Å². The number of rotatable bonds is 15. The Morgan fingerprint density at radius 3 is 2.45 bits per heavy atom. The predicted octanol–water partition coefficient (Wildman–Crippen LogP) is 8.44. The Hall–Kier alpha value is -5.21. The second kappa shape index (κ2) is 16.3. The number of carbonyl (C=O) groups is 2. The second-order valence-electron chi connectivity index (χ2n) is 15.8. The van der Waals surface area contributed by atoms with Crippen LogP contribution in [0.5, 0.6) is 5.88 Å². The van der Waals surface area contributed by atoms with Gasteiger partial charge in [-0.25, -0.2) is 24.0 Å². The van der Waals surface area contributed by atoms with E-state index in [0.29, 0.717) is 63.2 Å². The van der Waals surface area contributed by atoms with E-state index in [-0.39, 0.29) is 29.9 Å². The zero-order valence-corrected chi connectivity index (χ0v) is 33.4. The van der Waals surface area contributed by atoms with Gasteiger partial charge in [-0.05, 0) is 82.6 Å². The number of carbonyl (C=O) groups excluding carboxylic acids is 2. The smallest absolute Gasteiger partial charge is 0.412 e. The zero-order valence-electron chi connectivity index (χ0n) is 32.6. The second-order valence-corrected chi connectivity index (χ2v) is 17.0. The van der Waals surface area contributed by atoms with Crippen LogP contribution in [-0.2, 0) is 22.3 Å². The van der Waals surface area contributed by atoms with Crippen LogP contribution in [0.3, 0.4) is 0 Å². The van der Waals surface area contributed by atoms with Gasteiger partial charge >= 0.3 is 6.09 Å². The third-order valence-corrected chi connectivity index (χ3v) is 10.4. The summed E-state index contributed by atoms with van der Waals surface area (Å²) in [6, 6.07) is 14.3. The summed E-state index contributed by atoms with van der Waals surface area (Å²) in [5.41, 5.74) is 5.42. The number of hydrogen-bond donors (Lipinski definition) is 3. The van der Waals surface area contributed by atoms with E-state index in [1.165, 1.54) is 0 Å². The normalized spacial score (nSPS) is 14.7. The lowest BCUT2D eigenvalue weighted by Gasteiger charge is -2.22. The average molecular weight is 768 g/mol. The number of nitrogens with zero attached hydrogens (tertiary/aromatic N) is 4. The fourth-order valence-corrected chi connectivity index (χ4v) is 7.14. The molecule has 6 rings (SSSR count). The third-order valence-electron chi connectivity index (χ3n) is 9.31. The molecule has 1 amide bonds.